The van der Waals surface area contributed by atoms with E-state index in [1.807, 2.05) is 42.1 Å². The third kappa shape index (κ3) is 2.52. The normalized spacial score (nSPS) is 18.1. The van der Waals surface area contributed by atoms with E-state index in [0.29, 0.717) is 10.5 Å². The predicted octanol–water partition coefficient (Wildman–Crippen LogP) is 4.09. The van der Waals surface area contributed by atoms with Gasteiger partial charge in [0.1, 0.15) is 5.75 Å². The second kappa shape index (κ2) is 5.30. The van der Waals surface area contributed by atoms with Gasteiger partial charge in [-0.05, 0) is 31.4 Å². The number of aromatic hydroxyl groups is 1. The summed E-state index contributed by atoms with van der Waals surface area (Å²) < 4.78 is 0.445. The summed E-state index contributed by atoms with van der Waals surface area (Å²) in [5.74, 6) is 0.414. The fraction of sp³-hybridized carbons (Fsp3) is 0.412. The SMILES string of the molecule is CSC1(CNC(C)c2ccc3ccccc3c2O)CC1. The minimum Gasteiger partial charge on any atom is -0.507 e. The van der Waals surface area contributed by atoms with Gasteiger partial charge in [0, 0.05) is 28.3 Å². The number of rotatable bonds is 5. The lowest BCUT2D eigenvalue weighted by Gasteiger charge is -2.20. The highest BCUT2D eigenvalue weighted by molar-refractivity contribution is 8.00. The van der Waals surface area contributed by atoms with Crippen molar-refractivity contribution in [2.45, 2.75) is 30.6 Å². The first-order valence-electron chi connectivity index (χ1n) is 7.14. The monoisotopic (exact) mass is 287 g/mol. The molecule has 1 fully saturated rings. The van der Waals surface area contributed by atoms with Crippen molar-refractivity contribution < 1.29 is 5.11 Å². The summed E-state index contributed by atoms with van der Waals surface area (Å²) in [7, 11) is 0. The molecule has 106 valence electrons. The summed E-state index contributed by atoms with van der Waals surface area (Å²) in [6.45, 7) is 3.14. The lowest BCUT2D eigenvalue weighted by atomic mass is 10.0. The largest absolute Gasteiger partial charge is 0.507 e. The molecule has 0 aliphatic heterocycles. The van der Waals surface area contributed by atoms with Crippen LogP contribution in [-0.4, -0.2) is 22.7 Å². The zero-order chi connectivity index (χ0) is 14.2. The maximum atomic E-state index is 10.5. The molecule has 3 rings (SSSR count). The third-order valence-corrected chi connectivity index (χ3v) is 5.79. The van der Waals surface area contributed by atoms with Crippen LogP contribution in [0, 0.1) is 0 Å². The van der Waals surface area contributed by atoms with Crippen molar-refractivity contribution in [1.82, 2.24) is 5.32 Å². The molecule has 1 aliphatic rings. The molecule has 0 bridgehead atoms. The van der Waals surface area contributed by atoms with E-state index in [9.17, 15) is 5.11 Å². The third-order valence-electron chi connectivity index (χ3n) is 4.37. The van der Waals surface area contributed by atoms with E-state index < -0.39 is 0 Å². The summed E-state index contributed by atoms with van der Waals surface area (Å²) >= 11 is 1.96. The first-order chi connectivity index (χ1) is 9.65. The Balaban J connectivity index is 1.80. The Hall–Kier alpha value is -1.19. The Bertz CT molecular complexity index is 621. The van der Waals surface area contributed by atoms with Crippen molar-refractivity contribution >= 4 is 22.5 Å². The number of hydrogen-bond acceptors (Lipinski definition) is 3. The molecular formula is C17H21NOS. The molecule has 0 radical (unpaired) electrons. The fourth-order valence-electron chi connectivity index (χ4n) is 2.66. The molecule has 1 unspecified atom stereocenters. The van der Waals surface area contributed by atoms with Gasteiger partial charge in [0.15, 0.2) is 0 Å². The predicted molar refractivity (Wildman–Crippen MR) is 87.5 cm³/mol. The summed E-state index contributed by atoms with van der Waals surface area (Å²) in [5, 5.41) is 16.1. The molecule has 0 amide bonds. The van der Waals surface area contributed by atoms with Gasteiger partial charge in [-0.1, -0.05) is 36.4 Å². The molecule has 2 aromatic rings. The lowest BCUT2D eigenvalue weighted by Crippen LogP contribution is -2.28. The van der Waals surface area contributed by atoms with Crippen LogP contribution < -0.4 is 5.32 Å². The summed E-state index contributed by atoms with van der Waals surface area (Å²) in [4.78, 5) is 0. The van der Waals surface area contributed by atoms with Gasteiger partial charge in [0.25, 0.3) is 0 Å². The minimum atomic E-state index is 0.171. The fourth-order valence-corrected chi connectivity index (χ4v) is 3.40. The standard InChI is InChI=1S/C17H21NOS/c1-12(18-11-17(20-2)9-10-17)14-8-7-13-5-3-4-6-15(13)16(14)19/h3-8,12,18-19H,9-11H2,1-2H3. The van der Waals surface area contributed by atoms with Crippen molar-refractivity contribution in [2.75, 3.05) is 12.8 Å². The Morgan fingerprint density at radius 2 is 2.00 bits per heavy atom. The van der Waals surface area contributed by atoms with Crippen molar-refractivity contribution in [2.24, 2.45) is 0 Å². The second-order valence-corrected chi connectivity index (χ2v) is 6.99. The van der Waals surface area contributed by atoms with Crippen molar-refractivity contribution in [1.29, 1.82) is 0 Å². The molecule has 20 heavy (non-hydrogen) atoms. The first kappa shape index (κ1) is 13.8. The molecule has 0 aromatic heterocycles. The van der Waals surface area contributed by atoms with Gasteiger partial charge < -0.3 is 10.4 Å². The number of hydrogen-bond donors (Lipinski definition) is 2. The highest BCUT2D eigenvalue weighted by atomic mass is 32.2. The summed E-state index contributed by atoms with van der Waals surface area (Å²) in [6.07, 6.45) is 4.79. The van der Waals surface area contributed by atoms with Crippen LogP contribution in [0.15, 0.2) is 36.4 Å². The van der Waals surface area contributed by atoms with Gasteiger partial charge in [0.05, 0.1) is 0 Å². The van der Waals surface area contributed by atoms with E-state index in [0.717, 1.165) is 22.9 Å². The number of phenolic OH excluding ortho intramolecular Hbond substituents is 1. The van der Waals surface area contributed by atoms with E-state index in [-0.39, 0.29) is 6.04 Å². The summed E-state index contributed by atoms with van der Waals surface area (Å²) in [6, 6.07) is 12.3. The van der Waals surface area contributed by atoms with Gasteiger partial charge in [-0.25, -0.2) is 0 Å². The molecule has 1 saturated carbocycles. The van der Waals surface area contributed by atoms with Gasteiger partial charge in [-0.15, -0.1) is 0 Å². The molecule has 1 aliphatic carbocycles. The number of fused-ring (bicyclic) bond motifs is 1. The van der Waals surface area contributed by atoms with Gasteiger partial charge in [-0.3, -0.25) is 0 Å². The Kier molecular flexibility index (Phi) is 3.65. The molecule has 1 atom stereocenters. The molecule has 0 heterocycles. The van der Waals surface area contributed by atoms with Crippen molar-refractivity contribution in [3.63, 3.8) is 0 Å². The van der Waals surface area contributed by atoms with Crippen LogP contribution in [0.4, 0.5) is 0 Å². The Morgan fingerprint density at radius 1 is 1.25 bits per heavy atom. The molecule has 0 saturated heterocycles. The minimum absolute atomic E-state index is 0.171. The highest BCUT2D eigenvalue weighted by Gasteiger charge is 2.41. The number of nitrogens with one attached hydrogen (secondary N) is 1. The van der Waals surface area contributed by atoms with E-state index in [1.54, 1.807) is 0 Å². The van der Waals surface area contributed by atoms with Crippen LogP contribution in [0.1, 0.15) is 31.4 Å². The van der Waals surface area contributed by atoms with Crippen LogP contribution in [-0.2, 0) is 0 Å². The van der Waals surface area contributed by atoms with Crippen LogP contribution >= 0.6 is 11.8 Å². The topological polar surface area (TPSA) is 32.3 Å². The molecular weight excluding hydrogens is 266 g/mol. The molecule has 2 aromatic carbocycles. The van der Waals surface area contributed by atoms with Gasteiger partial charge >= 0.3 is 0 Å². The smallest absolute Gasteiger partial charge is 0.128 e. The lowest BCUT2D eigenvalue weighted by molar-refractivity contribution is 0.458. The van der Waals surface area contributed by atoms with Crippen molar-refractivity contribution in [3.8, 4) is 5.75 Å². The zero-order valence-electron chi connectivity index (χ0n) is 12.0. The van der Waals surface area contributed by atoms with Gasteiger partial charge in [-0.2, -0.15) is 11.8 Å². The van der Waals surface area contributed by atoms with Crippen LogP contribution in [0.5, 0.6) is 5.75 Å². The number of thioether (sulfide) groups is 1. The molecule has 3 heteroatoms. The highest BCUT2D eigenvalue weighted by Crippen LogP contribution is 2.47. The Morgan fingerprint density at radius 3 is 2.70 bits per heavy atom. The average molecular weight is 287 g/mol. The summed E-state index contributed by atoms with van der Waals surface area (Å²) in [5.41, 5.74) is 0.987. The Labute approximate surface area is 124 Å². The molecule has 2 nitrogen and oxygen atoms in total. The van der Waals surface area contributed by atoms with E-state index >= 15 is 0 Å². The maximum Gasteiger partial charge on any atom is 0.128 e. The van der Waals surface area contributed by atoms with Crippen molar-refractivity contribution in [3.05, 3.63) is 42.0 Å². The molecule has 2 N–H and O–H groups in total. The van der Waals surface area contributed by atoms with Gasteiger partial charge in [0.2, 0.25) is 0 Å². The van der Waals surface area contributed by atoms with Crippen LogP contribution in [0.3, 0.4) is 0 Å². The van der Waals surface area contributed by atoms with Crippen LogP contribution in [0.2, 0.25) is 0 Å². The van der Waals surface area contributed by atoms with Crippen LogP contribution in [0.25, 0.3) is 10.8 Å². The number of phenols is 1. The molecule has 0 spiro atoms. The first-order valence-corrected chi connectivity index (χ1v) is 8.37. The quantitative estimate of drug-likeness (QED) is 0.868. The average Bonchev–Trinajstić information content (AvgIpc) is 3.26. The zero-order valence-corrected chi connectivity index (χ0v) is 12.8. The van der Waals surface area contributed by atoms with E-state index in [1.165, 1.54) is 12.8 Å². The van der Waals surface area contributed by atoms with E-state index in [2.05, 4.69) is 24.6 Å². The second-order valence-electron chi connectivity index (χ2n) is 5.71. The van der Waals surface area contributed by atoms with E-state index in [4.69, 9.17) is 0 Å². The number of benzene rings is 2. The maximum absolute atomic E-state index is 10.5.